The third kappa shape index (κ3) is 4.60. The van der Waals surface area contributed by atoms with Crippen LogP contribution in [0.25, 0.3) is 0 Å². The fraction of sp³-hybridized carbons (Fsp3) is 1.00. The van der Waals surface area contributed by atoms with E-state index in [2.05, 4.69) is 19.2 Å². The highest BCUT2D eigenvalue weighted by Crippen LogP contribution is 2.17. The molecule has 78 valence electrons. The summed E-state index contributed by atoms with van der Waals surface area (Å²) in [5, 5.41) is 3.50. The van der Waals surface area contributed by atoms with Gasteiger partial charge in [-0.25, -0.2) is 0 Å². The van der Waals surface area contributed by atoms with E-state index in [1.807, 2.05) is 0 Å². The number of nitrogens with two attached hydrogens (primary N) is 2. The molecule has 3 heteroatoms. The summed E-state index contributed by atoms with van der Waals surface area (Å²) >= 11 is 0. The van der Waals surface area contributed by atoms with E-state index in [0.717, 1.165) is 19.4 Å². The number of nitrogens with one attached hydrogen (secondary N) is 1. The Morgan fingerprint density at radius 2 is 1.77 bits per heavy atom. The normalized spacial score (nSPS) is 30.5. The summed E-state index contributed by atoms with van der Waals surface area (Å²) in [5.74, 6) is 0. The minimum absolute atomic E-state index is 0.0977. The van der Waals surface area contributed by atoms with E-state index in [-0.39, 0.29) is 5.54 Å². The van der Waals surface area contributed by atoms with E-state index in [0.29, 0.717) is 12.1 Å². The van der Waals surface area contributed by atoms with Gasteiger partial charge in [-0.05, 0) is 39.5 Å². The lowest BCUT2D eigenvalue weighted by atomic mass is 9.91. The Morgan fingerprint density at radius 1 is 1.23 bits per heavy atom. The summed E-state index contributed by atoms with van der Waals surface area (Å²) in [6.07, 6.45) is 4.72. The molecule has 0 aromatic rings. The van der Waals surface area contributed by atoms with Crippen LogP contribution in [0, 0.1) is 0 Å². The van der Waals surface area contributed by atoms with Crippen molar-refractivity contribution in [2.75, 3.05) is 6.54 Å². The van der Waals surface area contributed by atoms with E-state index in [1.165, 1.54) is 12.8 Å². The molecule has 0 radical (unpaired) electrons. The van der Waals surface area contributed by atoms with Gasteiger partial charge in [0.15, 0.2) is 0 Å². The molecule has 1 aliphatic carbocycles. The topological polar surface area (TPSA) is 64.1 Å². The van der Waals surface area contributed by atoms with Gasteiger partial charge < -0.3 is 16.8 Å². The maximum absolute atomic E-state index is 5.89. The first-order chi connectivity index (χ1) is 5.97. The van der Waals surface area contributed by atoms with Crippen molar-refractivity contribution in [3.8, 4) is 0 Å². The second kappa shape index (κ2) is 4.40. The van der Waals surface area contributed by atoms with Crippen LogP contribution in [-0.2, 0) is 0 Å². The van der Waals surface area contributed by atoms with E-state index < -0.39 is 0 Å². The molecule has 0 atom stereocenters. The lowest BCUT2D eigenvalue weighted by Gasteiger charge is -2.29. The molecule has 1 aliphatic rings. The van der Waals surface area contributed by atoms with Gasteiger partial charge in [-0.15, -0.1) is 0 Å². The predicted octanol–water partition coefficient (Wildman–Crippen LogP) is 0.583. The van der Waals surface area contributed by atoms with Crippen LogP contribution >= 0.6 is 0 Å². The lowest BCUT2D eigenvalue weighted by Crippen LogP contribution is -2.48. The minimum atomic E-state index is -0.0977. The van der Waals surface area contributed by atoms with E-state index in [4.69, 9.17) is 11.5 Å². The van der Waals surface area contributed by atoms with Crippen LogP contribution in [-0.4, -0.2) is 24.2 Å². The molecular formula is C10H23N3. The van der Waals surface area contributed by atoms with Crippen molar-refractivity contribution in [1.82, 2.24) is 5.32 Å². The van der Waals surface area contributed by atoms with Crippen molar-refractivity contribution in [3.63, 3.8) is 0 Å². The Hall–Kier alpha value is -0.120. The van der Waals surface area contributed by atoms with Gasteiger partial charge in [0.05, 0.1) is 0 Å². The SMILES string of the molecule is CC(C)(N)CNC1CCC(N)CC1. The zero-order valence-electron chi connectivity index (χ0n) is 8.84. The molecule has 0 amide bonds. The van der Waals surface area contributed by atoms with Crippen LogP contribution in [0.5, 0.6) is 0 Å². The molecular weight excluding hydrogens is 162 g/mol. The van der Waals surface area contributed by atoms with E-state index in [1.54, 1.807) is 0 Å². The minimum Gasteiger partial charge on any atom is -0.328 e. The smallest absolute Gasteiger partial charge is 0.0223 e. The highest BCUT2D eigenvalue weighted by atomic mass is 15.0. The summed E-state index contributed by atoms with van der Waals surface area (Å²) in [4.78, 5) is 0. The van der Waals surface area contributed by atoms with E-state index >= 15 is 0 Å². The third-order valence-electron chi connectivity index (χ3n) is 2.62. The van der Waals surface area contributed by atoms with Crippen LogP contribution < -0.4 is 16.8 Å². The van der Waals surface area contributed by atoms with Crippen molar-refractivity contribution in [2.24, 2.45) is 11.5 Å². The van der Waals surface area contributed by atoms with Crippen molar-refractivity contribution >= 4 is 0 Å². The Morgan fingerprint density at radius 3 is 2.23 bits per heavy atom. The highest BCUT2D eigenvalue weighted by Gasteiger charge is 2.19. The van der Waals surface area contributed by atoms with Crippen LogP contribution in [0.2, 0.25) is 0 Å². The third-order valence-corrected chi connectivity index (χ3v) is 2.62. The summed E-state index contributed by atoms with van der Waals surface area (Å²) in [7, 11) is 0. The van der Waals surface area contributed by atoms with Gasteiger partial charge in [-0.3, -0.25) is 0 Å². The summed E-state index contributed by atoms with van der Waals surface area (Å²) < 4.78 is 0. The Labute approximate surface area is 81.2 Å². The fourth-order valence-electron chi connectivity index (χ4n) is 1.73. The van der Waals surface area contributed by atoms with Gasteiger partial charge in [0.1, 0.15) is 0 Å². The molecule has 0 aliphatic heterocycles. The first-order valence-electron chi connectivity index (χ1n) is 5.25. The Bertz CT molecular complexity index is 143. The standard InChI is InChI=1S/C10H23N3/c1-10(2,12)7-13-9-5-3-8(11)4-6-9/h8-9,13H,3-7,11-12H2,1-2H3. The van der Waals surface area contributed by atoms with Crippen LogP contribution in [0.3, 0.4) is 0 Å². The monoisotopic (exact) mass is 185 g/mol. The van der Waals surface area contributed by atoms with E-state index in [9.17, 15) is 0 Å². The van der Waals surface area contributed by atoms with Crippen LogP contribution in [0.4, 0.5) is 0 Å². The van der Waals surface area contributed by atoms with Crippen molar-refractivity contribution in [2.45, 2.75) is 57.2 Å². The molecule has 3 nitrogen and oxygen atoms in total. The van der Waals surface area contributed by atoms with Crippen molar-refractivity contribution < 1.29 is 0 Å². The van der Waals surface area contributed by atoms with Gasteiger partial charge in [0.25, 0.3) is 0 Å². The molecule has 13 heavy (non-hydrogen) atoms. The second-order valence-corrected chi connectivity index (χ2v) is 4.98. The lowest BCUT2D eigenvalue weighted by molar-refractivity contribution is 0.320. The number of hydrogen-bond acceptors (Lipinski definition) is 3. The van der Waals surface area contributed by atoms with Gasteiger partial charge in [-0.2, -0.15) is 0 Å². The molecule has 0 aromatic carbocycles. The first kappa shape index (κ1) is 11.0. The molecule has 0 bridgehead atoms. The number of hydrogen-bond donors (Lipinski definition) is 3. The summed E-state index contributed by atoms with van der Waals surface area (Å²) in [6, 6.07) is 1.08. The molecule has 5 N–H and O–H groups in total. The summed E-state index contributed by atoms with van der Waals surface area (Å²) in [5.41, 5.74) is 11.6. The molecule has 0 heterocycles. The quantitative estimate of drug-likeness (QED) is 0.603. The highest BCUT2D eigenvalue weighted by molar-refractivity contribution is 4.82. The zero-order valence-corrected chi connectivity index (χ0v) is 8.84. The van der Waals surface area contributed by atoms with Gasteiger partial charge in [0.2, 0.25) is 0 Å². The average Bonchev–Trinajstić information content (AvgIpc) is 2.02. The van der Waals surface area contributed by atoms with Crippen molar-refractivity contribution in [3.05, 3.63) is 0 Å². The number of rotatable bonds is 3. The molecule has 0 saturated heterocycles. The van der Waals surface area contributed by atoms with Crippen LogP contribution in [0.1, 0.15) is 39.5 Å². The average molecular weight is 185 g/mol. The Kier molecular flexibility index (Phi) is 3.71. The molecule has 1 fully saturated rings. The zero-order chi connectivity index (χ0) is 9.90. The maximum Gasteiger partial charge on any atom is 0.0223 e. The summed E-state index contributed by atoms with van der Waals surface area (Å²) in [6.45, 7) is 5.00. The fourth-order valence-corrected chi connectivity index (χ4v) is 1.73. The second-order valence-electron chi connectivity index (χ2n) is 4.98. The molecule has 0 aromatic heterocycles. The molecule has 0 unspecified atom stereocenters. The van der Waals surface area contributed by atoms with Gasteiger partial charge >= 0.3 is 0 Å². The molecule has 1 saturated carbocycles. The van der Waals surface area contributed by atoms with Crippen LogP contribution in [0.15, 0.2) is 0 Å². The Balaban J connectivity index is 2.16. The van der Waals surface area contributed by atoms with Gasteiger partial charge in [0, 0.05) is 24.2 Å². The predicted molar refractivity (Wildman–Crippen MR) is 56.5 cm³/mol. The molecule has 1 rings (SSSR count). The van der Waals surface area contributed by atoms with Gasteiger partial charge in [-0.1, -0.05) is 0 Å². The largest absolute Gasteiger partial charge is 0.328 e. The maximum atomic E-state index is 5.89. The van der Waals surface area contributed by atoms with Crippen molar-refractivity contribution in [1.29, 1.82) is 0 Å². The first-order valence-corrected chi connectivity index (χ1v) is 5.25. The molecule has 0 spiro atoms.